The Hall–Kier alpha value is -1.40. The lowest BCUT2D eigenvalue weighted by atomic mass is 10.1. The lowest BCUT2D eigenvalue weighted by Crippen LogP contribution is -2.24. The fourth-order valence-corrected chi connectivity index (χ4v) is 2.24. The molecule has 1 aromatic rings. The summed E-state index contributed by atoms with van der Waals surface area (Å²) in [6.45, 7) is 2.00. The summed E-state index contributed by atoms with van der Waals surface area (Å²) in [6.07, 6.45) is 6.78. The average molecular weight is 201 g/mol. The van der Waals surface area contributed by atoms with Crippen LogP contribution in [0, 0.1) is 11.3 Å². The first-order valence-corrected chi connectivity index (χ1v) is 5.43. The van der Waals surface area contributed by atoms with Gasteiger partial charge >= 0.3 is 0 Å². The molecule has 1 aromatic heterocycles. The molecule has 0 amide bonds. The molecule has 0 spiro atoms. The maximum atomic E-state index is 8.59. The minimum absolute atomic E-state index is 0.479. The largest absolute Gasteiger partial charge is 0.295 e. The van der Waals surface area contributed by atoms with Crippen molar-refractivity contribution in [3.05, 3.63) is 30.1 Å². The average Bonchev–Trinajstić information content (AvgIpc) is 2.75. The van der Waals surface area contributed by atoms with E-state index < -0.39 is 0 Å². The number of hydrogen-bond donors (Lipinski definition) is 0. The number of rotatable bonds is 3. The fraction of sp³-hybridized carbons (Fsp3) is 0.500. The summed E-state index contributed by atoms with van der Waals surface area (Å²) in [7, 11) is 0. The van der Waals surface area contributed by atoms with Crippen molar-refractivity contribution >= 4 is 0 Å². The van der Waals surface area contributed by atoms with E-state index in [0.29, 0.717) is 12.5 Å². The normalized spacial score (nSPS) is 21.4. The smallest absolute Gasteiger partial charge is 0.0635 e. The second kappa shape index (κ2) is 4.90. The molecule has 3 heteroatoms. The second-order valence-corrected chi connectivity index (χ2v) is 3.89. The van der Waals surface area contributed by atoms with E-state index in [0.717, 1.165) is 13.1 Å². The molecular weight excluding hydrogens is 186 g/mol. The van der Waals surface area contributed by atoms with Crippen LogP contribution in [-0.4, -0.2) is 23.0 Å². The van der Waals surface area contributed by atoms with Gasteiger partial charge in [0.1, 0.15) is 0 Å². The van der Waals surface area contributed by atoms with Gasteiger partial charge in [0.2, 0.25) is 0 Å². The summed E-state index contributed by atoms with van der Waals surface area (Å²) in [5.41, 5.74) is 1.29. The molecule has 1 aliphatic heterocycles. The van der Waals surface area contributed by atoms with E-state index in [4.69, 9.17) is 5.26 Å². The third kappa shape index (κ3) is 2.34. The Bertz CT molecular complexity index is 342. The van der Waals surface area contributed by atoms with Gasteiger partial charge in [0.25, 0.3) is 0 Å². The van der Waals surface area contributed by atoms with Crippen molar-refractivity contribution in [2.24, 2.45) is 0 Å². The number of nitrogens with zero attached hydrogens (tertiary/aromatic N) is 3. The molecule has 2 heterocycles. The molecule has 0 aliphatic carbocycles. The van der Waals surface area contributed by atoms with Crippen molar-refractivity contribution in [1.82, 2.24) is 9.88 Å². The van der Waals surface area contributed by atoms with Gasteiger partial charge in [0.05, 0.1) is 6.07 Å². The Morgan fingerprint density at radius 3 is 3.27 bits per heavy atom. The second-order valence-electron chi connectivity index (χ2n) is 3.89. The Kier molecular flexibility index (Phi) is 3.31. The number of aromatic nitrogens is 1. The van der Waals surface area contributed by atoms with Crippen LogP contribution < -0.4 is 0 Å². The zero-order valence-electron chi connectivity index (χ0n) is 8.76. The first-order valence-electron chi connectivity index (χ1n) is 5.43. The molecule has 0 N–H and O–H groups in total. The molecule has 1 saturated heterocycles. The summed E-state index contributed by atoms with van der Waals surface area (Å²) in [6, 6.07) is 6.80. The summed E-state index contributed by atoms with van der Waals surface area (Å²) >= 11 is 0. The highest BCUT2D eigenvalue weighted by Gasteiger charge is 2.25. The van der Waals surface area contributed by atoms with Gasteiger partial charge in [-0.3, -0.25) is 9.88 Å². The topological polar surface area (TPSA) is 39.9 Å². The van der Waals surface area contributed by atoms with Crippen LogP contribution in [0.1, 0.15) is 30.9 Å². The van der Waals surface area contributed by atoms with E-state index in [9.17, 15) is 0 Å². The first kappa shape index (κ1) is 10.1. The van der Waals surface area contributed by atoms with Crippen molar-refractivity contribution in [2.45, 2.75) is 25.3 Å². The Labute approximate surface area is 90.4 Å². The highest BCUT2D eigenvalue weighted by molar-refractivity contribution is 5.15. The first-order chi connectivity index (χ1) is 7.42. The minimum Gasteiger partial charge on any atom is -0.295 e. The molecule has 1 atom stereocenters. The van der Waals surface area contributed by atoms with Crippen LogP contribution in [-0.2, 0) is 0 Å². The van der Waals surface area contributed by atoms with Crippen LogP contribution in [0.2, 0.25) is 0 Å². The third-order valence-electron chi connectivity index (χ3n) is 2.94. The number of hydrogen-bond acceptors (Lipinski definition) is 3. The highest BCUT2D eigenvalue weighted by atomic mass is 15.2. The van der Waals surface area contributed by atoms with Gasteiger partial charge in [0.15, 0.2) is 0 Å². The predicted molar refractivity (Wildman–Crippen MR) is 58.0 cm³/mol. The molecule has 15 heavy (non-hydrogen) atoms. The summed E-state index contributed by atoms with van der Waals surface area (Å²) in [4.78, 5) is 6.54. The molecule has 1 aliphatic rings. The standard InChI is InChI=1S/C12H15N3/c13-6-3-9-15-8-2-5-12(15)11-4-1-7-14-10-11/h1,4,7,10,12H,2-3,5,8-9H2. The van der Waals surface area contributed by atoms with E-state index in [2.05, 4.69) is 22.0 Å². The van der Waals surface area contributed by atoms with Crippen molar-refractivity contribution in [1.29, 1.82) is 5.26 Å². The van der Waals surface area contributed by atoms with Crippen molar-refractivity contribution in [3.8, 4) is 6.07 Å². The molecule has 0 bridgehead atoms. The molecule has 3 nitrogen and oxygen atoms in total. The fourth-order valence-electron chi connectivity index (χ4n) is 2.24. The third-order valence-corrected chi connectivity index (χ3v) is 2.94. The Morgan fingerprint density at radius 2 is 2.53 bits per heavy atom. The monoisotopic (exact) mass is 201 g/mol. The van der Waals surface area contributed by atoms with Crippen LogP contribution in [0.3, 0.4) is 0 Å². The van der Waals surface area contributed by atoms with Crippen molar-refractivity contribution in [3.63, 3.8) is 0 Å². The molecule has 78 valence electrons. The number of likely N-dealkylation sites (tertiary alicyclic amines) is 1. The van der Waals surface area contributed by atoms with Gasteiger partial charge in [-0.05, 0) is 31.0 Å². The molecule has 2 rings (SSSR count). The summed E-state index contributed by atoms with van der Waals surface area (Å²) in [5, 5.41) is 8.59. The SMILES string of the molecule is N#CCCN1CCCC1c1cccnc1. The lowest BCUT2D eigenvalue weighted by Gasteiger charge is -2.23. The van der Waals surface area contributed by atoms with E-state index in [1.54, 1.807) is 6.20 Å². The molecule has 0 saturated carbocycles. The van der Waals surface area contributed by atoms with Crippen LogP contribution in [0.25, 0.3) is 0 Å². The van der Waals surface area contributed by atoms with Gasteiger partial charge in [-0.15, -0.1) is 0 Å². The van der Waals surface area contributed by atoms with Gasteiger partial charge < -0.3 is 0 Å². The van der Waals surface area contributed by atoms with Crippen LogP contribution >= 0.6 is 0 Å². The van der Waals surface area contributed by atoms with Gasteiger partial charge in [0, 0.05) is 31.4 Å². The summed E-state index contributed by atoms with van der Waals surface area (Å²) < 4.78 is 0. The number of nitriles is 1. The van der Waals surface area contributed by atoms with Crippen LogP contribution in [0.4, 0.5) is 0 Å². The van der Waals surface area contributed by atoms with Gasteiger partial charge in [-0.1, -0.05) is 6.07 Å². The van der Waals surface area contributed by atoms with Gasteiger partial charge in [-0.25, -0.2) is 0 Å². The van der Waals surface area contributed by atoms with E-state index >= 15 is 0 Å². The quantitative estimate of drug-likeness (QED) is 0.752. The van der Waals surface area contributed by atoms with E-state index in [-0.39, 0.29) is 0 Å². The highest BCUT2D eigenvalue weighted by Crippen LogP contribution is 2.30. The van der Waals surface area contributed by atoms with E-state index in [1.165, 1.54) is 18.4 Å². The Balaban J connectivity index is 2.05. The number of pyridine rings is 1. The zero-order chi connectivity index (χ0) is 10.5. The Morgan fingerprint density at radius 1 is 1.60 bits per heavy atom. The van der Waals surface area contributed by atoms with Crippen molar-refractivity contribution < 1.29 is 0 Å². The zero-order valence-corrected chi connectivity index (χ0v) is 8.76. The summed E-state index contributed by atoms with van der Waals surface area (Å²) in [5.74, 6) is 0. The maximum Gasteiger partial charge on any atom is 0.0635 e. The predicted octanol–water partition coefficient (Wildman–Crippen LogP) is 2.13. The molecule has 1 fully saturated rings. The molecule has 1 unspecified atom stereocenters. The molecule has 0 aromatic carbocycles. The molecular formula is C12H15N3. The van der Waals surface area contributed by atoms with Gasteiger partial charge in [-0.2, -0.15) is 5.26 Å². The minimum atomic E-state index is 0.479. The van der Waals surface area contributed by atoms with E-state index in [1.807, 2.05) is 12.3 Å². The van der Waals surface area contributed by atoms with Crippen molar-refractivity contribution in [2.75, 3.05) is 13.1 Å². The maximum absolute atomic E-state index is 8.59. The lowest BCUT2D eigenvalue weighted by molar-refractivity contribution is 0.263. The van der Waals surface area contributed by atoms with Crippen LogP contribution in [0.5, 0.6) is 0 Å². The molecule has 0 radical (unpaired) electrons. The van der Waals surface area contributed by atoms with Crippen LogP contribution in [0.15, 0.2) is 24.5 Å².